The fourth-order valence-electron chi connectivity index (χ4n) is 2.68. The fourth-order valence-corrected chi connectivity index (χ4v) is 2.68. The van der Waals surface area contributed by atoms with E-state index in [1.165, 1.54) is 0 Å². The number of rotatable bonds is 8. The highest BCUT2D eigenvalue weighted by molar-refractivity contribution is 6.09. The first-order chi connectivity index (χ1) is 14.0. The Morgan fingerprint density at radius 3 is 1.90 bits per heavy atom. The quantitative estimate of drug-likeness (QED) is 0.472. The topological polar surface area (TPSA) is 95.7 Å². The normalized spacial score (nSPS) is 11.3. The molecule has 0 fully saturated rings. The molecule has 6 nitrogen and oxygen atoms in total. The van der Waals surface area contributed by atoms with Crippen LogP contribution in [-0.4, -0.2) is 24.3 Å². The fraction of sp³-hybridized carbons (Fsp3) is 0.0870. The maximum absolute atomic E-state index is 12.4. The van der Waals surface area contributed by atoms with Crippen molar-refractivity contribution in [3.05, 3.63) is 102 Å². The first-order valence-corrected chi connectivity index (χ1v) is 8.91. The molecule has 6 heteroatoms. The van der Waals surface area contributed by atoms with Crippen molar-refractivity contribution >= 4 is 17.7 Å². The molecule has 3 rings (SSSR count). The Kier molecular flexibility index (Phi) is 6.37. The number of ketones is 1. The van der Waals surface area contributed by atoms with Gasteiger partial charge in [0, 0.05) is 16.7 Å². The van der Waals surface area contributed by atoms with Crippen molar-refractivity contribution in [3.63, 3.8) is 0 Å². The number of carbonyl (C=O) groups excluding carboxylic acids is 3. The van der Waals surface area contributed by atoms with Crippen molar-refractivity contribution in [2.45, 2.75) is 6.10 Å². The van der Waals surface area contributed by atoms with Crippen LogP contribution in [0.5, 0.6) is 5.75 Å². The zero-order valence-electron chi connectivity index (χ0n) is 15.5. The van der Waals surface area contributed by atoms with Crippen molar-refractivity contribution in [2.75, 3.05) is 6.61 Å². The van der Waals surface area contributed by atoms with Gasteiger partial charge >= 0.3 is 5.97 Å². The van der Waals surface area contributed by atoms with Crippen LogP contribution in [0.1, 0.15) is 27.6 Å². The van der Waals surface area contributed by atoms with Gasteiger partial charge in [-0.2, -0.15) is 0 Å². The third-order valence-electron chi connectivity index (χ3n) is 4.12. The van der Waals surface area contributed by atoms with Crippen LogP contribution >= 0.6 is 0 Å². The Bertz CT molecular complexity index is 985. The average molecular weight is 389 g/mol. The van der Waals surface area contributed by atoms with E-state index in [9.17, 15) is 14.4 Å². The van der Waals surface area contributed by atoms with E-state index in [-0.39, 0.29) is 5.78 Å². The minimum atomic E-state index is -1.18. The number of ether oxygens (including phenoxy) is 2. The van der Waals surface area contributed by atoms with Crippen molar-refractivity contribution in [1.29, 1.82) is 0 Å². The number of carbonyl (C=O) groups is 3. The number of amides is 1. The van der Waals surface area contributed by atoms with E-state index < -0.39 is 24.6 Å². The molecule has 3 aromatic carbocycles. The molecule has 0 aliphatic heterocycles. The molecule has 0 heterocycles. The van der Waals surface area contributed by atoms with Gasteiger partial charge < -0.3 is 15.2 Å². The second-order valence-corrected chi connectivity index (χ2v) is 6.19. The summed E-state index contributed by atoms with van der Waals surface area (Å²) in [6, 6.07) is 23.8. The number of esters is 1. The Morgan fingerprint density at radius 2 is 1.31 bits per heavy atom. The van der Waals surface area contributed by atoms with Gasteiger partial charge in [0.05, 0.1) is 0 Å². The van der Waals surface area contributed by atoms with Crippen molar-refractivity contribution in [2.24, 2.45) is 5.73 Å². The number of benzene rings is 3. The van der Waals surface area contributed by atoms with Crippen LogP contribution in [0.25, 0.3) is 0 Å². The minimum absolute atomic E-state index is 0.108. The lowest BCUT2D eigenvalue weighted by atomic mass is 10.0. The third kappa shape index (κ3) is 5.29. The lowest BCUT2D eigenvalue weighted by molar-refractivity contribution is -0.157. The van der Waals surface area contributed by atoms with E-state index in [2.05, 4.69) is 0 Å². The van der Waals surface area contributed by atoms with E-state index in [4.69, 9.17) is 15.2 Å². The molecule has 0 saturated carbocycles. The molecule has 2 N–H and O–H groups in total. The molecule has 3 aromatic rings. The molecule has 1 atom stereocenters. The molecule has 0 aromatic heterocycles. The Labute approximate surface area is 167 Å². The number of hydrogen-bond donors (Lipinski definition) is 1. The molecule has 1 amide bonds. The molecule has 1 unspecified atom stereocenters. The van der Waals surface area contributed by atoms with Gasteiger partial charge in [-0.1, -0.05) is 60.7 Å². The SMILES string of the molecule is NC(=O)C(OC(=O)COc1ccc(C(=O)c2ccccc2)cc1)c1ccccc1. The van der Waals surface area contributed by atoms with E-state index >= 15 is 0 Å². The van der Waals surface area contributed by atoms with E-state index in [1.807, 2.05) is 6.07 Å². The van der Waals surface area contributed by atoms with E-state index in [1.54, 1.807) is 78.9 Å². The first-order valence-electron chi connectivity index (χ1n) is 8.91. The van der Waals surface area contributed by atoms with Crippen LogP contribution in [0.3, 0.4) is 0 Å². The molecule has 0 radical (unpaired) electrons. The summed E-state index contributed by atoms with van der Waals surface area (Å²) in [5.74, 6) is -1.22. The monoisotopic (exact) mass is 389 g/mol. The highest BCUT2D eigenvalue weighted by Gasteiger charge is 2.22. The van der Waals surface area contributed by atoms with Gasteiger partial charge in [-0.3, -0.25) is 9.59 Å². The van der Waals surface area contributed by atoms with Gasteiger partial charge in [0.25, 0.3) is 5.91 Å². The second-order valence-electron chi connectivity index (χ2n) is 6.19. The second kappa shape index (κ2) is 9.32. The van der Waals surface area contributed by atoms with Gasteiger partial charge in [0.1, 0.15) is 5.75 Å². The lowest BCUT2D eigenvalue weighted by Crippen LogP contribution is -2.28. The molecule has 0 saturated heterocycles. The summed E-state index contributed by atoms with van der Waals surface area (Å²) in [4.78, 5) is 36.0. The summed E-state index contributed by atoms with van der Waals surface area (Å²) in [7, 11) is 0. The van der Waals surface area contributed by atoms with Crippen LogP contribution in [-0.2, 0) is 14.3 Å². The summed E-state index contributed by atoms with van der Waals surface area (Å²) in [5, 5.41) is 0. The summed E-state index contributed by atoms with van der Waals surface area (Å²) in [5.41, 5.74) is 6.90. The largest absolute Gasteiger partial charge is 0.482 e. The molecule has 0 spiro atoms. The molecular formula is C23H19NO5. The molecular weight excluding hydrogens is 370 g/mol. The molecule has 0 aliphatic carbocycles. The average Bonchev–Trinajstić information content (AvgIpc) is 2.77. The summed E-state index contributed by atoms with van der Waals surface area (Å²) in [6.07, 6.45) is -1.18. The Balaban J connectivity index is 1.57. The maximum Gasteiger partial charge on any atom is 0.345 e. The predicted molar refractivity (Wildman–Crippen MR) is 106 cm³/mol. The van der Waals surface area contributed by atoms with E-state index in [0.29, 0.717) is 22.4 Å². The summed E-state index contributed by atoms with van der Waals surface area (Å²) >= 11 is 0. The molecule has 146 valence electrons. The first kappa shape index (κ1) is 19.8. The highest BCUT2D eigenvalue weighted by Crippen LogP contribution is 2.18. The Morgan fingerprint density at radius 1 is 0.759 bits per heavy atom. The molecule has 29 heavy (non-hydrogen) atoms. The van der Waals surface area contributed by atoms with Crippen molar-refractivity contribution < 1.29 is 23.9 Å². The molecule has 0 bridgehead atoms. The summed E-state index contributed by atoms with van der Waals surface area (Å²) < 4.78 is 10.5. The van der Waals surface area contributed by atoms with Crippen molar-refractivity contribution in [1.82, 2.24) is 0 Å². The third-order valence-corrected chi connectivity index (χ3v) is 4.12. The van der Waals surface area contributed by atoms with Gasteiger partial charge in [0.2, 0.25) is 6.10 Å². The van der Waals surface area contributed by atoms with Crippen LogP contribution in [0, 0.1) is 0 Å². The smallest absolute Gasteiger partial charge is 0.345 e. The summed E-state index contributed by atoms with van der Waals surface area (Å²) in [6.45, 7) is -0.400. The van der Waals surface area contributed by atoms with Gasteiger partial charge in [-0.25, -0.2) is 4.79 Å². The van der Waals surface area contributed by atoms with Gasteiger partial charge in [-0.05, 0) is 24.3 Å². The highest BCUT2D eigenvalue weighted by atomic mass is 16.6. The van der Waals surface area contributed by atoms with Crippen molar-refractivity contribution in [3.8, 4) is 5.75 Å². The number of hydrogen-bond acceptors (Lipinski definition) is 5. The minimum Gasteiger partial charge on any atom is -0.482 e. The van der Waals surface area contributed by atoms with Crippen LogP contribution in [0.4, 0.5) is 0 Å². The standard InChI is InChI=1S/C23H19NO5/c24-23(27)22(18-9-5-2-6-10-18)29-20(25)15-28-19-13-11-17(12-14-19)21(26)16-7-3-1-4-8-16/h1-14,22H,15H2,(H2,24,27). The van der Waals surface area contributed by atoms with Crippen LogP contribution in [0.15, 0.2) is 84.9 Å². The van der Waals surface area contributed by atoms with Gasteiger partial charge in [-0.15, -0.1) is 0 Å². The van der Waals surface area contributed by atoms with Crippen LogP contribution in [0.2, 0.25) is 0 Å². The Hall–Kier alpha value is -3.93. The number of nitrogens with two attached hydrogens (primary N) is 1. The zero-order chi connectivity index (χ0) is 20.6. The lowest BCUT2D eigenvalue weighted by Gasteiger charge is -2.15. The van der Waals surface area contributed by atoms with Gasteiger partial charge in [0.15, 0.2) is 12.4 Å². The molecule has 0 aliphatic rings. The van der Waals surface area contributed by atoms with E-state index in [0.717, 1.165) is 0 Å². The predicted octanol–water partition coefficient (Wildman–Crippen LogP) is 3.07. The maximum atomic E-state index is 12.4. The van der Waals surface area contributed by atoms with Crippen LogP contribution < -0.4 is 10.5 Å². The number of primary amides is 1. The zero-order valence-corrected chi connectivity index (χ0v) is 15.5.